The smallest absolute Gasteiger partial charge is 0.213 e. The normalized spacial score (nSPS) is 12.3. The van der Waals surface area contributed by atoms with Crippen LogP contribution < -0.4 is 4.72 Å². The van der Waals surface area contributed by atoms with Crippen LogP contribution in [0.15, 0.2) is 0 Å². The lowest BCUT2D eigenvalue weighted by molar-refractivity contribution is 0.0833. The van der Waals surface area contributed by atoms with Gasteiger partial charge in [-0.15, -0.1) is 0 Å². The van der Waals surface area contributed by atoms with E-state index in [2.05, 4.69) is 4.72 Å². The fourth-order valence-corrected chi connectivity index (χ4v) is 1.46. The van der Waals surface area contributed by atoms with Gasteiger partial charge in [0, 0.05) is 6.54 Å². The van der Waals surface area contributed by atoms with Crippen LogP contribution in [0.3, 0.4) is 0 Å². The standard InChI is InChI=1S/C7H17NO4S/c1-7(2)12-5-3-8-13(10,11)6-4-9/h7-9H,3-6H2,1-2H3. The van der Waals surface area contributed by atoms with Gasteiger partial charge in [-0.05, 0) is 13.8 Å². The fraction of sp³-hybridized carbons (Fsp3) is 1.00. The van der Waals surface area contributed by atoms with Gasteiger partial charge in [-0.1, -0.05) is 0 Å². The van der Waals surface area contributed by atoms with Crippen LogP contribution >= 0.6 is 0 Å². The molecule has 0 aliphatic rings. The molecular formula is C7H17NO4S. The van der Waals surface area contributed by atoms with Crippen LogP contribution in [0.4, 0.5) is 0 Å². The number of aliphatic hydroxyl groups excluding tert-OH is 1. The van der Waals surface area contributed by atoms with Gasteiger partial charge in [0.2, 0.25) is 10.0 Å². The van der Waals surface area contributed by atoms with Crippen molar-refractivity contribution >= 4 is 10.0 Å². The first-order valence-corrected chi connectivity index (χ1v) is 5.83. The number of nitrogens with one attached hydrogen (secondary N) is 1. The summed E-state index contributed by atoms with van der Waals surface area (Å²) in [5.41, 5.74) is 0. The summed E-state index contributed by atoms with van der Waals surface area (Å²) in [6, 6.07) is 0. The van der Waals surface area contributed by atoms with Crippen molar-refractivity contribution in [3.8, 4) is 0 Å². The Balaban J connectivity index is 3.53. The van der Waals surface area contributed by atoms with Gasteiger partial charge in [-0.2, -0.15) is 0 Å². The summed E-state index contributed by atoms with van der Waals surface area (Å²) in [6.45, 7) is 3.99. The number of rotatable bonds is 7. The number of sulfonamides is 1. The molecule has 80 valence electrons. The molecule has 13 heavy (non-hydrogen) atoms. The zero-order chi connectivity index (χ0) is 10.3. The molecular weight excluding hydrogens is 194 g/mol. The highest BCUT2D eigenvalue weighted by Crippen LogP contribution is 1.87. The lowest BCUT2D eigenvalue weighted by Crippen LogP contribution is -2.31. The van der Waals surface area contributed by atoms with Crippen LogP contribution in [0.25, 0.3) is 0 Å². The summed E-state index contributed by atoms with van der Waals surface area (Å²) in [6.07, 6.45) is 0.0994. The third-order valence-electron chi connectivity index (χ3n) is 1.24. The Labute approximate surface area is 79.1 Å². The maximum Gasteiger partial charge on any atom is 0.213 e. The van der Waals surface area contributed by atoms with Gasteiger partial charge >= 0.3 is 0 Å². The SMILES string of the molecule is CC(C)OCCNS(=O)(=O)CCO. The summed E-state index contributed by atoms with van der Waals surface area (Å²) >= 11 is 0. The molecule has 0 rings (SSSR count). The molecule has 0 aliphatic carbocycles. The summed E-state index contributed by atoms with van der Waals surface area (Å²) in [7, 11) is -3.31. The molecule has 0 aliphatic heterocycles. The van der Waals surface area contributed by atoms with Gasteiger partial charge in [0.05, 0.1) is 25.1 Å². The van der Waals surface area contributed by atoms with Crippen molar-refractivity contribution in [3.63, 3.8) is 0 Å². The predicted octanol–water partition coefficient (Wildman–Crippen LogP) is -0.677. The third kappa shape index (κ3) is 8.17. The second-order valence-electron chi connectivity index (χ2n) is 2.86. The monoisotopic (exact) mass is 211 g/mol. The molecule has 0 aromatic rings. The van der Waals surface area contributed by atoms with Crippen LogP contribution in [-0.4, -0.2) is 45.1 Å². The largest absolute Gasteiger partial charge is 0.395 e. The molecule has 0 aromatic carbocycles. The quantitative estimate of drug-likeness (QED) is 0.547. The molecule has 0 spiro atoms. The van der Waals surface area contributed by atoms with Gasteiger partial charge in [0.25, 0.3) is 0 Å². The molecule has 0 radical (unpaired) electrons. The number of ether oxygens (including phenoxy) is 1. The summed E-state index contributed by atoms with van der Waals surface area (Å²) in [4.78, 5) is 0. The van der Waals surface area contributed by atoms with Crippen molar-refractivity contribution in [1.29, 1.82) is 0 Å². The van der Waals surface area contributed by atoms with E-state index < -0.39 is 10.0 Å². The summed E-state index contributed by atoms with van der Waals surface area (Å²) in [5, 5.41) is 8.40. The third-order valence-corrected chi connectivity index (χ3v) is 2.60. The van der Waals surface area contributed by atoms with Crippen LogP contribution in [0.2, 0.25) is 0 Å². The molecule has 0 bridgehead atoms. The van der Waals surface area contributed by atoms with Crippen molar-refractivity contribution in [2.75, 3.05) is 25.5 Å². The zero-order valence-electron chi connectivity index (χ0n) is 7.99. The first-order valence-electron chi connectivity index (χ1n) is 4.17. The Bertz CT molecular complexity index is 213. The van der Waals surface area contributed by atoms with Crippen LogP contribution in [0.5, 0.6) is 0 Å². The number of aliphatic hydroxyl groups is 1. The Hall–Kier alpha value is -0.170. The van der Waals surface area contributed by atoms with Crippen molar-refractivity contribution < 1.29 is 18.3 Å². The molecule has 0 amide bonds. The second kappa shape index (κ2) is 6.31. The first kappa shape index (κ1) is 12.8. The molecule has 0 unspecified atom stereocenters. The summed E-state index contributed by atoms with van der Waals surface area (Å²) in [5.74, 6) is -0.255. The van der Waals surface area contributed by atoms with Gasteiger partial charge in [-0.3, -0.25) is 0 Å². The van der Waals surface area contributed by atoms with E-state index in [1.165, 1.54) is 0 Å². The van der Waals surface area contributed by atoms with E-state index in [4.69, 9.17) is 9.84 Å². The Morgan fingerprint density at radius 2 is 2.08 bits per heavy atom. The molecule has 2 N–H and O–H groups in total. The summed E-state index contributed by atoms with van der Waals surface area (Å²) < 4.78 is 29.3. The van der Waals surface area contributed by atoms with Crippen LogP contribution in [0.1, 0.15) is 13.8 Å². The molecule has 0 atom stereocenters. The maximum absolute atomic E-state index is 10.9. The topological polar surface area (TPSA) is 75.6 Å². The average molecular weight is 211 g/mol. The predicted molar refractivity (Wildman–Crippen MR) is 50.0 cm³/mol. The first-order chi connectivity index (χ1) is 5.98. The molecule has 0 saturated heterocycles. The second-order valence-corrected chi connectivity index (χ2v) is 4.78. The lowest BCUT2D eigenvalue weighted by atomic mass is 10.5. The van der Waals surface area contributed by atoms with Crippen LogP contribution in [0, 0.1) is 0 Å². The van der Waals surface area contributed by atoms with Crippen molar-refractivity contribution in [2.24, 2.45) is 0 Å². The van der Waals surface area contributed by atoms with Gasteiger partial charge in [0.15, 0.2) is 0 Å². The zero-order valence-corrected chi connectivity index (χ0v) is 8.80. The molecule has 0 heterocycles. The molecule has 0 aromatic heterocycles. The minimum Gasteiger partial charge on any atom is -0.395 e. The molecule has 5 nitrogen and oxygen atoms in total. The highest BCUT2D eigenvalue weighted by Gasteiger charge is 2.07. The maximum atomic E-state index is 10.9. The van der Waals surface area contributed by atoms with E-state index in [9.17, 15) is 8.42 Å². The van der Waals surface area contributed by atoms with Gasteiger partial charge in [-0.25, -0.2) is 13.1 Å². The minimum atomic E-state index is -3.31. The minimum absolute atomic E-state index is 0.0994. The molecule has 0 saturated carbocycles. The fourth-order valence-electron chi connectivity index (χ4n) is 0.684. The van der Waals surface area contributed by atoms with E-state index in [-0.39, 0.29) is 25.0 Å². The van der Waals surface area contributed by atoms with Crippen molar-refractivity contribution in [3.05, 3.63) is 0 Å². The van der Waals surface area contributed by atoms with Crippen molar-refractivity contribution in [1.82, 2.24) is 4.72 Å². The number of hydrogen-bond acceptors (Lipinski definition) is 4. The Morgan fingerprint density at radius 3 is 2.54 bits per heavy atom. The molecule has 0 fully saturated rings. The van der Waals surface area contributed by atoms with E-state index >= 15 is 0 Å². The Kier molecular flexibility index (Phi) is 6.23. The van der Waals surface area contributed by atoms with Gasteiger partial charge < -0.3 is 9.84 Å². The average Bonchev–Trinajstić information content (AvgIpc) is 1.98. The number of hydrogen-bond donors (Lipinski definition) is 2. The van der Waals surface area contributed by atoms with Gasteiger partial charge in [0.1, 0.15) is 0 Å². The highest BCUT2D eigenvalue weighted by atomic mass is 32.2. The van der Waals surface area contributed by atoms with E-state index in [1.807, 2.05) is 13.8 Å². The van der Waals surface area contributed by atoms with E-state index in [0.717, 1.165) is 0 Å². The molecule has 6 heteroatoms. The van der Waals surface area contributed by atoms with Crippen LogP contribution in [-0.2, 0) is 14.8 Å². The van der Waals surface area contributed by atoms with E-state index in [1.54, 1.807) is 0 Å². The van der Waals surface area contributed by atoms with Crippen molar-refractivity contribution in [2.45, 2.75) is 20.0 Å². The lowest BCUT2D eigenvalue weighted by Gasteiger charge is -2.08. The highest BCUT2D eigenvalue weighted by molar-refractivity contribution is 7.89. The Morgan fingerprint density at radius 1 is 1.46 bits per heavy atom. The van der Waals surface area contributed by atoms with E-state index in [0.29, 0.717) is 6.61 Å².